The van der Waals surface area contributed by atoms with Crippen molar-refractivity contribution in [2.45, 2.75) is 44.7 Å². The number of rotatable bonds is 4. The zero-order valence-electron chi connectivity index (χ0n) is 13.6. The number of hydrogen-bond donors (Lipinski definition) is 2. The van der Waals surface area contributed by atoms with Crippen LogP contribution in [0.25, 0.3) is 0 Å². The predicted molar refractivity (Wildman–Crippen MR) is 96.1 cm³/mol. The van der Waals surface area contributed by atoms with Crippen LogP contribution in [0.2, 0.25) is 5.02 Å². The Kier molecular flexibility index (Phi) is 7.02. The maximum absolute atomic E-state index is 12.1. The minimum atomic E-state index is 0. The first-order chi connectivity index (χ1) is 11.1. The second kappa shape index (κ2) is 8.79. The molecule has 1 fully saturated rings. The first kappa shape index (κ1) is 19.2. The van der Waals surface area contributed by atoms with Crippen LogP contribution in [-0.4, -0.2) is 25.2 Å². The van der Waals surface area contributed by atoms with E-state index in [9.17, 15) is 4.79 Å². The Hall–Kier alpha value is -1.17. The molecule has 1 amide bonds. The average Bonchev–Trinajstić information content (AvgIpc) is 2.78. The molecule has 3 rings (SSSR count). The van der Waals surface area contributed by atoms with E-state index in [4.69, 9.17) is 26.8 Å². The number of halogens is 2. The molecule has 7 heteroatoms. The van der Waals surface area contributed by atoms with Crippen molar-refractivity contribution in [2.75, 3.05) is 13.2 Å². The Balaban J connectivity index is 0.00000208. The number of carbonyl (C=O) groups is 1. The Morgan fingerprint density at radius 1 is 1.25 bits per heavy atom. The smallest absolute Gasteiger partial charge is 0.220 e. The van der Waals surface area contributed by atoms with Crippen LogP contribution in [0.4, 0.5) is 0 Å². The van der Waals surface area contributed by atoms with E-state index in [1.807, 2.05) is 12.1 Å². The maximum Gasteiger partial charge on any atom is 0.220 e. The summed E-state index contributed by atoms with van der Waals surface area (Å²) in [6.07, 6.45) is 4.52. The summed E-state index contributed by atoms with van der Waals surface area (Å²) in [4.78, 5) is 12.1. The summed E-state index contributed by atoms with van der Waals surface area (Å²) in [6, 6.07) is 3.86. The molecule has 1 aliphatic heterocycles. The fourth-order valence-corrected chi connectivity index (χ4v) is 3.50. The van der Waals surface area contributed by atoms with Crippen molar-refractivity contribution in [2.24, 2.45) is 11.7 Å². The van der Waals surface area contributed by atoms with Crippen molar-refractivity contribution in [3.63, 3.8) is 0 Å². The van der Waals surface area contributed by atoms with Gasteiger partial charge in [0.05, 0.1) is 18.2 Å². The van der Waals surface area contributed by atoms with E-state index in [2.05, 4.69) is 5.32 Å². The van der Waals surface area contributed by atoms with Crippen LogP contribution in [-0.2, 0) is 11.3 Å². The first-order valence-corrected chi connectivity index (χ1v) is 8.61. The van der Waals surface area contributed by atoms with Crippen molar-refractivity contribution < 1.29 is 14.3 Å². The molecule has 1 heterocycles. The topological polar surface area (TPSA) is 73.6 Å². The van der Waals surface area contributed by atoms with Crippen molar-refractivity contribution in [1.29, 1.82) is 0 Å². The zero-order chi connectivity index (χ0) is 16.2. The van der Waals surface area contributed by atoms with Gasteiger partial charge in [-0.2, -0.15) is 0 Å². The highest BCUT2D eigenvalue weighted by Crippen LogP contribution is 2.38. The average molecular weight is 375 g/mol. The molecule has 0 radical (unpaired) electrons. The molecular formula is C17H24Cl2N2O3. The highest BCUT2D eigenvalue weighted by atomic mass is 35.5. The lowest BCUT2D eigenvalue weighted by molar-refractivity contribution is -0.122. The number of amides is 1. The molecule has 2 aliphatic rings. The van der Waals surface area contributed by atoms with E-state index in [1.54, 1.807) is 0 Å². The SMILES string of the molecule is Cl.N[C@@H]1CCC[C@H]1CC(=O)NCc1cc(Cl)c2c(c1)OCCCO2. The fraction of sp³-hybridized carbons (Fsp3) is 0.588. The number of hydrogen-bond acceptors (Lipinski definition) is 4. The van der Waals surface area contributed by atoms with E-state index in [1.165, 1.54) is 0 Å². The number of carbonyl (C=O) groups excluding carboxylic acids is 1. The standard InChI is InChI=1S/C17H23ClN2O3.ClH/c18-13-7-11(8-15-17(13)23-6-2-5-22-15)10-20-16(21)9-12-3-1-4-14(12)19;/h7-8,12,14H,1-6,9-10,19H2,(H,20,21);1H/t12-,14+;/m0./s1. The lowest BCUT2D eigenvalue weighted by Crippen LogP contribution is -2.31. The monoisotopic (exact) mass is 374 g/mol. The largest absolute Gasteiger partial charge is 0.489 e. The van der Waals surface area contributed by atoms with Gasteiger partial charge in [-0.1, -0.05) is 18.0 Å². The molecule has 134 valence electrons. The third kappa shape index (κ3) is 4.68. The summed E-state index contributed by atoms with van der Waals surface area (Å²) in [6.45, 7) is 1.64. The van der Waals surface area contributed by atoms with Crippen molar-refractivity contribution in [3.8, 4) is 11.5 Å². The molecule has 3 N–H and O–H groups in total. The van der Waals surface area contributed by atoms with Crippen LogP contribution in [0.15, 0.2) is 12.1 Å². The molecule has 5 nitrogen and oxygen atoms in total. The van der Waals surface area contributed by atoms with Crippen molar-refractivity contribution in [3.05, 3.63) is 22.7 Å². The fourth-order valence-electron chi connectivity index (χ4n) is 3.22. The Labute approximate surface area is 153 Å². The van der Waals surface area contributed by atoms with Gasteiger partial charge >= 0.3 is 0 Å². The van der Waals surface area contributed by atoms with Gasteiger partial charge in [-0.25, -0.2) is 0 Å². The molecule has 1 aliphatic carbocycles. The van der Waals surface area contributed by atoms with Gasteiger partial charge < -0.3 is 20.5 Å². The number of fused-ring (bicyclic) bond motifs is 1. The molecule has 0 unspecified atom stereocenters. The number of ether oxygens (including phenoxy) is 2. The Bertz CT molecular complexity index is 583. The third-order valence-electron chi connectivity index (χ3n) is 4.52. The molecule has 0 bridgehead atoms. The van der Waals surface area contributed by atoms with E-state index < -0.39 is 0 Å². The summed E-state index contributed by atoms with van der Waals surface area (Å²) >= 11 is 6.26. The number of nitrogens with two attached hydrogens (primary N) is 1. The van der Waals surface area contributed by atoms with E-state index in [-0.39, 0.29) is 24.4 Å². The van der Waals surface area contributed by atoms with Crippen molar-refractivity contribution >= 4 is 29.9 Å². The maximum atomic E-state index is 12.1. The van der Waals surface area contributed by atoms with Gasteiger partial charge in [0.15, 0.2) is 11.5 Å². The lowest BCUT2D eigenvalue weighted by atomic mass is 10.00. The summed E-state index contributed by atoms with van der Waals surface area (Å²) < 4.78 is 11.3. The van der Waals surface area contributed by atoms with Crippen LogP contribution >= 0.6 is 24.0 Å². The van der Waals surface area contributed by atoms with Gasteiger partial charge in [0.2, 0.25) is 5.91 Å². The summed E-state index contributed by atoms with van der Waals surface area (Å²) in [5, 5.41) is 3.47. The molecular weight excluding hydrogens is 351 g/mol. The third-order valence-corrected chi connectivity index (χ3v) is 4.80. The molecule has 1 saturated carbocycles. The van der Waals surface area contributed by atoms with Crippen LogP contribution in [0.5, 0.6) is 11.5 Å². The van der Waals surface area contributed by atoms with E-state index in [0.29, 0.717) is 48.6 Å². The van der Waals surface area contributed by atoms with Gasteiger partial charge in [0, 0.05) is 25.4 Å². The molecule has 0 aromatic heterocycles. The lowest BCUT2D eigenvalue weighted by Gasteiger charge is -2.15. The highest BCUT2D eigenvalue weighted by Gasteiger charge is 2.26. The van der Waals surface area contributed by atoms with Crippen LogP contribution in [0.1, 0.15) is 37.7 Å². The summed E-state index contributed by atoms with van der Waals surface area (Å²) in [7, 11) is 0. The molecule has 1 aromatic rings. The normalized spacial score (nSPS) is 22.4. The van der Waals surface area contributed by atoms with Gasteiger partial charge in [-0.3, -0.25) is 4.79 Å². The highest BCUT2D eigenvalue weighted by molar-refractivity contribution is 6.32. The molecule has 24 heavy (non-hydrogen) atoms. The Morgan fingerprint density at radius 2 is 2.04 bits per heavy atom. The minimum absolute atomic E-state index is 0. The molecule has 0 spiro atoms. The van der Waals surface area contributed by atoms with E-state index in [0.717, 1.165) is 31.2 Å². The predicted octanol–water partition coefficient (Wildman–Crippen LogP) is 3.06. The van der Waals surface area contributed by atoms with Gasteiger partial charge in [0.25, 0.3) is 0 Å². The number of benzene rings is 1. The summed E-state index contributed by atoms with van der Waals surface area (Å²) in [5.74, 6) is 1.59. The van der Waals surface area contributed by atoms with E-state index >= 15 is 0 Å². The molecule has 0 saturated heterocycles. The minimum Gasteiger partial charge on any atom is -0.489 e. The van der Waals surface area contributed by atoms with Crippen LogP contribution < -0.4 is 20.5 Å². The molecule has 1 aromatic carbocycles. The van der Waals surface area contributed by atoms with Gasteiger partial charge in [-0.05, 0) is 36.5 Å². The van der Waals surface area contributed by atoms with Gasteiger partial charge in [0.1, 0.15) is 0 Å². The molecule has 2 atom stereocenters. The van der Waals surface area contributed by atoms with Gasteiger partial charge in [-0.15, -0.1) is 12.4 Å². The quantitative estimate of drug-likeness (QED) is 0.849. The zero-order valence-corrected chi connectivity index (χ0v) is 15.1. The Morgan fingerprint density at radius 3 is 2.79 bits per heavy atom. The summed E-state index contributed by atoms with van der Waals surface area (Å²) in [5.41, 5.74) is 6.92. The van der Waals surface area contributed by atoms with Crippen molar-refractivity contribution in [1.82, 2.24) is 5.32 Å². The van der Waals surface area contributed by atoms with Crippen LogP contribution in [0, 0.1) is 5.92 Å². The number of nitrogens with one attached hydrogen (secondary N) is 1. The first-order valence-electron chi connectivity index (χ1n) is 8.24. The van der Waals surface area contributed by atoms with Crippen LogP contribution in [0.3, 0.4) is 0 Å². The second-order valence-corrected chi connectivity index (χ2v) is 6.70. The second-order valence-electron chi connectivity index (χ2n) is 6.29.